The Kier molecular flexibility index (Phi) is 4.71. The fourth-order valence-electron chi connectivity index (χ4n) is 3.15. The van der Waals surface area contributed by atoms with Gasteiger partial charge in [-0.05, 0) is 30.7 Å². The van der Waals surface area contributed by atoms with Crippen molar-refractivity contribution in [2.45, 2.75) is 12.5 Å². The average Bonchev–Trinajstić information content (AvgIpc) is 3.28. The van der Waals surface area contributed by atoms with Crippen LogP contribution in [0.15, 0.2) is 53.2 Å². The van der Waals surface area contributed by atoms with Gasteiger partial charge < -0.3 is 4.52 Å². The number of sulfone groups is 1. The Morgan fingerprint density at radius 2 is 1.69 bits per heavy atom. The van der Waals surface area contributed by atoms with Crippen LogP contribution in [0.4, 0.5) is 0 Å². The van der Waals surface area contributed by atoms with Crippen molar-refractivity contribution in [3.8, 4) is 11.5 Å². The fourth-order valence-corrected chi connectivity index (χ4v) is 3.80. The van der Waals surface area contributed by atoms with Gasteiger partial charge in [0.25, 0.3) is 11.8 Å². The van der Waals surface area contributed by atoms with E-state index in [-0.39, 0.29) is 35.0 Å². The maximum absolute atomic E-state index is 12.9. The second kappa shape index (κ2) is 7.21. The number of benzene rings is 1. The van der Waals surface area contributed by atoms with E-state index in [1.165, 1.54) is 0 Å². The molecule has 148 valence electrons. The fraction of sp³-hybridized carbons (Fsp3) is 0.211. The number of rotatable bonds is 6. The number of nitrogens with zero attached hydrogens (tertiary/aromatic N) is 4. The molecule has 29 heavy (non-hydrogen) atoms. The van der Waals surface area contributed by atoms with E-state index in [9.17, 15) is 18.0 Å². The summed E-state index contributed by atoms with van der Waals surface area (Å²) in [7, 11) is -3.36. The molecule has 10 heteroatoms. The van der Waals surface area contributed by atoms with Gasteiger partial charge in [-0.3, -0.25) is 19.5 Å². The molecule has 1 atom stereocenters. The van der Waals surface area contributed by atoms with Crippen molar-refractivity contribution in [1.29, 1.82) is 0 Å². The lowest BCUT2D eigenvalue weighted by Gasteiger charge is -2.22. The molecule has 0 spiro atoms. The first-order valence-electron chi connectivity index (χ1n) is 8.75. The van der Waals surface area contributed by atoms with Gasteiger partial charge in [0.05, 0.1) is 16.9 Å². The zero-order valence-electron chi connectivity index (χ0n) is 15.3. The average molecular weight is 412 g/mol. The Labute approximate surface area is 166 Å². The van der Waals surface area contributed by atoms with E-state index < -0.39 is 27.7 Å². The van der Waals surface area contributed by atoms with Crippen LogP contribution < -0.4 is 0 Å². The summed E-state index contributed by atoms with van der Waals surface area (Å²) in [6.07, 6.45) is 2.59. The van der Waals surface area contributed by atoms with Crippen LogP contribution in [-0.2, 0) is 9.84 Å². The monoisotopic (exact) mass is 412 g/mol. The third-order valence-electron chi connectivity index (χ3n) is 4.52. The summed E-state index contributed by atoms with van der Waals surface area (Å²) in [5, 5.41) is 3.88. The standard InChI is InChI=1S/C19H16N4O5S/c1-29(26,27)11-9-15(17-21-16(22-28-17)14-8-4-5-10-20-14)23-18(24)12-6-2-3-7-13(12)19(23)25/h2-8,10,15H,9,11H2,1H3/t15-/m0/s1. The smallest absolute Gasteiger partial charge is 0.262 e. The summed E-state index contributed by atoms with van der Waals surface area (Å²) >= 11 is 0. The maximum Gasteiger partial charge on any atom is 0.262 e. The van der Waals surface area contributed by atoms with Crippen molar-refractivity contribution in [3.05, 3.63) is 65.7 Å². The molecule has 0 aliphatic carbocycles. The molecule has 1 aromatic carbocycles. The van der Waals surface area contributed by atoms with Gasteiger partial charge in [0.15, 0.2) is 0 Å². The molecular formula is C19H16N4O5S. The highest BCUT2D eigenvalue weighted by Crippen LogP contribution is 2.33. The number of carbonyl (C=O) groups is 2. The van der Waals surface area contributed by atoms with Crippen LogP contribution in [0.5, 0.6) is 0 Å². The van der Waals surface area contributed by atoms with Gasteiger partial charge in [-0.25, -0.2) is 8.42 Å². The first-order valence-corrected chi connectivity index (χ1v) is 10.8. The lowest BCUT2D eigenvalue weighted by molar-refractivity contribution is 0.0547. The van der Waals surface area contributed by atoms with Crippen LogP contribution in [0.1, 0.15) is 39.1 Å². The minimum absolute atomic E-state index is 0.0243. The van der Waals surface area contributed by atoms with Crippen molar-refractivity contribution < 1.29 is 22.5 Å². The Bertz CT molecular complexity index is 1160. The van der Waals surface area contributed by atoms with Crippen molar-refractivity contribution in [1.82, 2.24) is 20.0 Å². The summed E-state index contributed by atoms with van der Waals surface area (Å²) in [5.74, 6) is -1.15. The van der Waals surface area contributed by atoms with Gasteiger partial charge in [-0.1, -0.05) is 23.4 Å². The Hall–Kier alpha value is -3.40. The van der Waals surface area contributed by atoms with Crippen molar-refractivity contribution in [2.24, 2.45) is 0 Å². The number of carbonyl (C=O) groups excluding carboxylic acids is 2. The second-order valence-electron chi connectivity index (χ2n) is 6.63. The predicted octanol–water partition coefficient (Wildman–Crippen LogP) is 1.90. The van der Waals surface area contributed by atoms with Crippen LogP contribution in [-0.4, -0.2) is 52.3 Å². The van der Waals surface area contributed by atoms with E-state index >= 15 is 0 Å². The molecule has 4 rings (SSSR count). The predicted molar refractivity (Wildman–Crippen MR) is 102 cm³/mol. The molecule has 9 nitrogen and oxygen atoms in total. The molecule has 0 saturated carbocycles. The molecule has 1 aliphatic rings. The van der Waals surface area contributed by atoms with E-state index in [1.807, 2.05) is 0 Å². The molecule has 2 aromatic heterocycles. The molecule has 3 aromatic rings. The zero-order chi connectivity index (χ0) is 20.6. The third-order valence-corrected chi connectivity index (χ3v) is 5.50. The summed E-state index contributed by atoms with van der Waals surface area (Å²) in [4.78, 5) is 35.2. The zero-order valence-corrected chi connectivity index (χ0v) is 16.2. The van der Waals surface area contributed by atoms with Crippen LogP contribution in [0.2, 0.25) is 0 Å². The summed E-state index contributed by atoms with van der Waals surface area (Å²) in [5.41, 5.74) is 0.962. The molecule has 3 heterocycles. The quantitative estimate of drug-likeness (QED) is 0.563. The summed E-state index contributed by atoms with van der Waals surface area (Å²) in [6.45, 7) is 0. The molecular weight excluding hydrogens is 396 g/mol. The van der Waals surface area contributed by atoms with Crippen molar-refractivity contribution in [3.63, 3.8) is 0 Å². The number of aromatic nitrogens is 3. The molecule has 0 N–H and O–H groups in total. The van der Waals surface area contributed by atoms with Crippen molar-refractivity contribution in [2.75, 3.05) is 12.0 Å². The number of imide groups is 1. The van der Waals surface area contributed by atoms with E-state index in [4.69, 9.17) is 4.52 Å². The van der Waals surface area contributed by atoms with Crippen molar-refractivity contribution >= 4 is 21.7 Å². The van der Waals surface area contributed by atoms with Crippen LogP contribution >= 0.6 is 0 Å². The second-order valence-corrected chi connectivity index (χ2v) is 8.89. The van der Waals surface area contributed by atoms with Crippen LogP contribution in [0.25, 0.3) is 11.5 Å². The molecule has 0 fully saturated rings. The van der Waals surface area contributed by atoms with Crippen LogP contribution in [0.3, 0.4) is 0 Å². The van der Waals surface area contributed by atoms with Gasteiger partial charge >= 0.3 is 0 Å². The molecule has 0 bridgehead atoms. The highest BCUT2D eigenvalue weighted by Gasteiger charge is 2.42. The first-order chi connectivity index (χ1) is 13.8. The highest BCUT2D eigenvalue weighted by molar-refractivity contribution is 7.90. The molecule has 0 unspecified atom stereocenters. The normalized spacial score (nSPS) is 14.9. The van der Waals surface area contributed by atoms with Gasteiger partial charge in [0.1, 0.15) is 21.6 Å². The summed E-state index contributed by atoms with van der Waals surface area (Å²) < 4.78 is 28.8. The minimum Gasteiger partial charge on any atom is -0.337 e. The Balaban J connectivity index is 1.73. The van der Waals surface area contributed by atoms with Gasteiger partial charge in [-0.15, -0.1) is 0 Å². The van der Waals surface area contributed by atoms with Gasteiger partial charge in [0.2, 0.25) is 11.7 Å². The lowest BCUT2D eigenvalue weighted by Crippen LogP contribution is -2.35. The van der Waals surface area contributed by atoms with E-state index in [1.54, 1.807) is 48.7 Å². The number of hydrogen-bond donors (Lipinski definition) is 0. The first kappa shape index (κ1) is 18.9. The minimum atomic E-state index is -3.36. The van der Waals surface area contributed by atoms with E-state index in [0.29, 0.717) is 5.69 Å². The summed E-state index contributed by atoms with van der Waals surface area (Å²) in [6, 6.07) is 10.6. The highest BCUT2D eigenvalue weighted by atomic mass is 32.2. The van der Waals surface area contributed by atoms with Gasteiger partial charge in [-0.2, -0.15) is 4.98 Å². The van der Waals surface area contributed by atoms with Gasteiger partial charge in [0, 0.05) is 12.5 Å². The Morgan fingerprint density at radius 3 is 2.28 bits per heavy atom. The molecule has 1 aliphatic heterocycles. The number of hydrogen-bond acceptors (Lipinski definition) is 8. The topological polar surface area (TPSA) is 123 Å². The van der Waals surface area contributed by atoms with Crippen LogP contribution in [0, 0.1) is 0 Å². The number of pyridine rings is 1. The maximum atomic E-state index is 12.9. The SMILES string of the molecule is CS(=O)(=O)CC[C@@H](c1nc(-c2ccccn2)no1)N1C(=O)c2ccccc2C1=O. The van der Waals surface area contributed by atoms with E-state index in [2.05, 4.69) is 15.1 Å². The Morgan fingerprint density at radius 1 is 1.03 bits per heavy atom. The third kappa shape index (κ3) is 3.66. The van der Waals surface area contributed by atoms with E-state index in [0.717, 1.165) is 11.2 Å². The molecule has 0 saturated heterocycles. The number of amides is 2. The largest absolute Gasteiger partial charge is 0.337 e. The lowest BCUT2D eigenvalue weighted by atomic mass is 10.1. The number of fused-ring (bicyclic) bond motifs is 1. The molecule has 2 amide bonds. The molecule has 0 radical (unpaired) electrons.